The smallest absolute Gasteiger partial charge is 0.0373 e. The standard InChI is InChI=1S/C33H58ClN3S.CH4.6H2O/c1-24(2)32(22-37-18-17-31(33(4,5)23-37)28-11-13-29(34)14-12-28)35-20-26-7-6-8-27(19-26)21-36-38-30-15-9-25(3)10-16-30;;;;;;;/h9,11,24,26-27,29-32,35-36H,6-8,10,12-23H2,1-5H3;1H4;6*1H2/t26?,27?,29?,30?,31-,32+;;;;;;;/m1......./s1. The van der Waals surface area contributed by atoms with Crippen molar-refractivity contribution in [2.75, 3.05) is 32.7 Å². The Labute approximate surface area is 285 Å². The lowest BCUT2D eigenvalue weighted by molar-refractivity contribution is 0.0590. The van der Waals surface area contributed by atoms with Crippen molar-refractivity contribution in [3.05, 3.63) is 23.3 Å². The minimum absolute atomic E-state index is 0. The molecule has 0 radical (unpaired) electrons. The minimum Gasteiger partial charge on any atom is -0.412 e. The summed E-state index contributed by atoms with van der Waals surface area (Å²) in [6, 6.07) is 0.588. The van der Waals surface area contributed by atoms with Crippen LogP contribution in [0.25, 0.3) is 0 Å². The van der Waals surface area contributed by atoms with Crippen LogP contribution in [0.3, 0.4) is 0 Å². The quantitative estimate of drug-likeness (QED) is 0.188. The molecule has 11 heteroatoms. The fraction of sp³-hybridized carbons (Fsp3) is 0.882. The highest BCUT2D eigenvalue weighted by Crippen LogP contribution is 2.43. The summed E-state index contributed by atoms with van der Waals surface area (Å²) in [6.07, 6.45) is 19.2. The van der Waals surface area contributed by atoms with E-state index < -0.39 is 0 Å². The Bertz CT molecular complexity index is 819. The molecule has 1 heterocycles. The fourth-order valence-corrected chi connectivity index (χ4v) is 8.86. The summed E-state index contributed by atoms with van der Waals surface area (Å²) >= 11 is 8.41. The minimum atomic E-state index is 0. The second-order valence-electron chi connectivity index (χ2n) is 14.3. The number of rotatable bonds is 11. The van der Waals surface area contributed by atoms with E-state index in [1.165, 1.54) is 90.5 Å². The molecular formula is C34H74ClN3O6S. The van der Waals surface area contributed by atoms with Crippen LogP contribution in [0.4, 0.5) is 0 Å². The molecular weight excluding hydrogens is 614 g/mol. The molecule has 14 N–H and O–H groups in total. The monoisotopic (exact) mass is 687 g/mol. The number of likely N-dealkylation sites (tertiary alicyclic amines) is 1. The van der Waals surface area contributed by atoms with Crippen LogP contribution in [0.2, 0.25) is 0 Å². The Morgan fingerprint density at radius 3 is 2.13 bits per heavy atom. The lowest BCUT2D eigenvalue weighted by Gasteiger charge is -2.47. The van der Waals surface area contributed by atoms with Gasteiger partial charge in [-0.2, -0.15) is 0 Å². The summed E-state index contributed by atoms with van der Waals surface area (Å²) in [5.74, 6) is 3.10. The Balaban J connectivity index is -0.00000120. The molecule has 0 aromatic rings. The highest BCUT2D eigenvalue weighted by atomic mass is 35.5. The lowest BCUT2D eigenvalue weighted by Crippen LogP contribution is -2.52. The maximum atomic E-state index is 6.39. The molecule has 4 aliphatic rings. The zero-order chi connectivity index (χ0) is 27.1. The first-order chi connectivity index (χ1) is 18.2. The van der Waals surface area contributed by atoms with E-state index in [2.05, 4.69) is 61.7 Å². The van der Waals surface area contributed by atoms with E-state index >= 15 is 0 Å². The highest BCUT2D eigenvalue weighted by molar-refractivity contribution is 7.98. The number of nitrogens with one attached hydrogen (secondary N) is 2. The van der Waals surface area contributed by atoms with Crippen LogP contribution in [0, 0.1) is 29.1 Å². The molecule has 2 fully saturated rings. The molecule has 1 aliphatic heterocycles. The van der Waals surface area contributed by atoms with E-state index in [4.69, 9.17) is 11.6 Å². The van der Waals surface area contributed by atoms with Crippen LogP contribution in [0.5, 0.6) is 0 Å². The lowest BCUT2D eigenvalue weighted by atomic mass is 9.68. The van der Waals surface area contributed by atoms with E-state index in [0.717, 1.165) is 35.8 Å². The number of allylic oxidation sites excluding steroid dienone is 4. The molecule has 6 atom stereocenters. The molecule has 45 heavy (non-hydrogen) atoms. The Morgan fingerprint density at radius 1 is 0.911 bits per heavy atom. The maximum Gasteiger partial charge on any atom is 0.0373 e. The molecule has 1 saturated carbocycles. The SMILES string of the molecule is C.CC1=CCC(SNCC2CCCC(CN[C@@H](CN3CC[C@H](C4=CCC(Cl)CC4)C(C)(C)C3)C(C)C)C2)CC1.O.O.O.O.O.O. The van der Waals surface area contributed by atoms with Gasteiger partial charge in [0.25, 0.3) is 0 Å². The summed E-state index contributed by atoms with van der Waals surface area (Å²) in [5, 5.41) is 5.21. The summed E-state index contributed by atoms with van der Waals surface area (Å²) in [7, 11) is 0. The maximum absolute atomic E-state index is 6.39. The van der Waals surface area contributed by atoms with Crippen LogP contribution in [0.15, 0.2) is 23.3 Å². The van der Waals surface area contributed by atoms with Crippen molar-refractivity contribution in [3.8, 4) is 0 Å². The van der Waals surface area contributed by atoms with Gasteiger partial charge in [-0.15, -0.1) is 11.6 Å². The van der Waals surface area contributed by atoms with Crippen molar-refractivity contribution in [1.82, 2.24) is 14.9 Å². The summed E-state index contributed by atoms with van der Waals surface area (Å²) in [6.45, 7) is 18.2. The normalized spacial score (nSPS) is 28.4. The third kappa shape index (κ3) is 16.1. The average molecular weight is 689 g/mol. The topological polar surface area (TPSA) is 216 Å². The Kier molecular flexibility index (Phi) is 28.5. The number of nitrogens with zero attached hydrogens (tertiary/aromatic N) is 1. The molecule has 274 valence electrons. The molecule has 0 bridgehead atoms. The third-order valence-electron chi connectivity index (χ3n) is 10.2. The van der Waals surface area contributed by atoms with Gasteiger partial charge in [-0.3, -0.25) is 4.72 Å². The van der Waals surface area contributed by atoms with Gasteiger partial charge in [0.05, 0.1) is 0 Å². The van der Waals surface area contributed by atoms with Gasteiger partial charge in [-0.1, -0.05) is 76.8 Å². The van der Waals surface area contributed by atoms with E-state index in [-0.39, 0.29) is 40.3 Å². The zero-order valence-corrected chi connectivity index (χ0v) is 29.8. The van der Waals surface area contributed by atoms with Crippen LogP contribution < -0.4 is 10.0 Å². The van der Waals surface area contributed by atoms with Gasteiger partial charge in [0, 0.05) is 36.3 Å². The summed E-state index contributed by atoms with van der Waals surface area (Å²) in [5.41, 5.74) is 3.63. The van der Waals surface area contributed by atoms with Crippen molar-refractivity contribution in [3.63, 3.8) is 0 Å². The molecule has 0 aromatic carbocycles. The molecule has 0 spiro atoms. The average Bonchev–Trinajstić information content (AvgIpc) is 2.88. The second-order valence-corrected chi connectivity index (χ2v) is 16.1. The van der Waals surface area contributed by atoms with Gasteiger partial charge >= 0.3 is 0 Å². The van der Waals surface area contributed by atoms with Gasteiger partial charge in [0.1, 0.15) is 0 Å². The van der Waals surface area contributed by atoms with Crippen molar-refractivity contribution in [1.29, 1.82) is 0 Å². The van der Waals surface area contributed by atoms with Gasteiger partial charge in [-0.05, 0) is 113 Å². The van der Waals surface area contributed by atoms with Crippen LogP contribution in [0.1, 0.15) is 113 Å². The van der Waals surface area contributed by atoms with E-state index in [0.29, 0.717) is 22.8 Å². The molecule has 0 aromatic heterocycles. The first-order valence-electron chi connectivity index (χ1n) is 16.0. The summed E-state index contributed by atoms with van der Waals surface area (Å²) in [4.78, 5) is 2.77. The highest BCUT2D eigenvalue weighted by Gasteiger charge is 2.39. The molecule has 0 amide bonds. The fourth-order valence-electron chi connectivity index (χ4n) is 7.66. The first kappa shape index (κ1) is 51.6. The van der Waals surface area contributed by atoms with Gasteiger partial charge in [0.15, 0.2) is 0 Å². The van der Waals surface area contributed by atoms with E-state index in [9.17, 15) is 0 Å². The van der Waals surface area contributed by atoms with Crippen molar-refractivity contribution in [2.24, 2.45) is 29.1 Å². The molecule has 4 unspecified atom stereocenters. The van der Waals surface area contributed by atoms with Crippen LogP contribution >= 0.6 is 23.5 Å². The largest absolute Gasteiger partial charge is 0.412 e. The van der Waals surface area contributed by atoms with Crippen LogP contribution in [-0.2, 0) is 0 Å². The van der Waals surface area contributed by atoms with E-state index in [1.54, 1.807) is 11.1 Å². The van der Waals surface area contributed by atoms with E-state index in [1.807, 2.05) is 11.9 Å². The van der Waals surface area contributed by atoms with Crippen LogP contribution in [-0.4, -0.2) is 87.1 Å². The van der Waals surface area contributed by atoms with Gasteiger partial charge in [0.2, 0.25) is 0 Å². The Hall–Kier alpha value is -0.240. The van der Waals surface area contributed by atoms with Gasteiger partial charge < -0.3 is 43.1 Å². The molecule has 4 rings (SSSR count). The molecule has 1 saturated heterocycles. The predicted molar refractivity (Wildman–Crippen MR) is 197 cm³/mol. The number of piperidine rings is 1. The second kappa shape index (κ2) is 24.8. The van der Waals surface area contributed by atoms with Crippen molar-refractivity contribution in [2.45, 2.75) is 129 Å². The number of halogens is 1. The zero-order valence-electron chi connectivity index (χ0n) is 28.2. The Morgan fingerprint density at radius 2 is 1.58 bits per heavy atom. The number of hydrogen-bond donors (Lipinski definition) is 2. The molecule has 3 aliphatic carbocycles. The third-order valence-corrected chi connectivity index (χ3v) is 11.7. The van der Waals surface area contributed by atoms with Gasteiger partial charge in [-0.25, -0.2) is 0 Å². The first-order valence-corrected chi connectivity index (χ1v) is 17.3. The number of hydrogen-bond acceptors (Lipinski definition) is 4. The molecule has 9 nitrogen and oxygen atoms in total. The van der Waals surface area contributed by atoms with Crippen molar-refractivity contribution < 1.29 is 32.9 Å². The van der Waals surface area contributed by atoms with Crippen molar-refractivity contribution >= 4 is 23.5 Å². The predicted octanol–water partition coefficient (Wildman–Crippen LogP) is 3.90. The summed E-state index contributed by atoms with van der Waals surface area (Å²) < 4.78 is 3.78. The number of alkyl halides is 1.